The van der Waals surface area contributed by atoms with Crippen LogP contribution >= 0.6 is 11.8 Å². The first kappa shape index (κ1) is 19.0. The van der Waals surface area contributed by atoms with Gasteiger partial charge in [-0.1, -0.05) is 23.9 Å². The second-order valence-corrected chi connectivity index (χ2v) is 9.72. The molecule has 5 heteroatoms. The van der Waals surface area contributed by atoms with E-state index in [1.54, 1.807) is 0 Å². The summed E-state index contributed by atoms with van der Waals surface area (Å²) in [6.45, 7) is 6.57. The predicted molar refractivity (Wildman–Crippen MR) is 119 cm³/mol. The molecule has 1 amide bonds. The molecule has 2 aromatic rings. The van der Waals surface area contributed by atoms with E-state index in [9.17, 15) is 4.79 Å². The fourth-order valence-electron chi connectivity index (χ4n) is 4.48. The van der Waals surface area contributed by atoms with Crippen LogP contribution in [0.2, 0.25) is 0 Å². The third-order valence-corrected chi connectivity index (χ3v) is 7.37. The van der Waals surface area contributed by atoms with Crippen molar-refractivity contribution < 1.29 is 4.79 Å². The number of likely N-dealkylation sites (tertiary alicyclic amines) is 1. The molecule has 5 rings (SSSR count). The van der Waals surface area contributed by atoms with Crippen LogP contribution in [0.15, 0.2) is 52.3 Å². The number of carbonyl (C=O) groups excluding carboxylic acids is 1. The van der Waals surface area contributed by atoms with E-state index in [-0.39, 0.29) is 5.91 Å². The number of amides is 1. The van der Waals surface area contributed by atoms with E-state index in [2.05, 4.69) is 58.4 Å². The van der Waals surface area contributed by atoms with Gasteiger partial charge in [0.25, 0.3) is 5.91 Å². The Labute approximate surface area is 177 Å². The van der Waals surface area contributed by atoms with E-state index in [1.807, 2.05) is 17.8 Å². The number of benzene rings is 2. The molecule has 0 bridgehead atoms. The number of hydrogen-bond donors (Lipinski definition) is 1. The largest absolute Gasteiger partial charge is 0.352 e. The Morgan fingerprint density at radius 1 is 1.10 bits per heavy atom. The summed E-state index contributed by atoms with van der Waals surface area (Å²) >= 11 is 1.81. The Balaban J connectivity index is 1.45. The highest BCUT2D eigenvalue weighted by molar-refractivity contribution is 7.99. The second-order valence-electron chi connectivity index (χ2n) is 8.63. The number of nitrogens with one attached hydrogen (secondary N) is 1. The van der Waals surface area contributed by atoms with Gasteiger partial charge < -0.3 is 15.1 Å². The highest BCUT2D eigenvalue weighted by Gasteiger charge is 2.29. The summed E-state index contributed by atoms with van der Waals surface area (Å²) in [5.41, 5.74) is 3.19. The Morgan fingerprint density at radius 3 is 2.66 bits per heavy atom. The Morgan fingerprint density at radius 2 is 1.86 bits per heavy atom. The average molecular weight is 408 g/mol. The summed E-state index contributed by atoms with van der Waals surface area (Å²) in [6.07, 6.45) is 5.11. The van der Waals surface area contributed by atoms with E-state index >= 15 is 0 Å². The fraction of sp³-hybridized carbons (Fsp3) is 0.458. The Hall–Kier alpha value is -1.98. The van der Waals surface area contributed by atoms with E-state index in [1.165, 1.54) is 59.9 Å². The second kappa shape index (κ2) is 8.04. The first-order chi connectivity index (χ1) is 14.2. The smallest absolute Gasteiger partial charge is 0.251 e. The van der Waals surface area contributed by atoms with E-state index in [0.717, 1.165) is 18.7 Å². The lowest BCUT2D eigenvalue weighted by Gasteiger charge is -2.39. The van der Waals surface area contributed by atoms with Gasteiger partial charge in [0, 0.05) is 34.5 Å². The standard InChI is InChI=1S/C24H29N3OS/c1-17(16-26-12-4-5-13-26)27-20-6-2-3-7-22(20)29-23-11-10-19(14-21(23)27)24(28)25-15-18-8-9-18/h2-3,6-7,10-11,14,17-18H,4-5,8-9,12-13,15-16H2,1H3,(H,25,28)/t17-/m1/s1. The molecule has 2 aliphatic heterocycles. The molecule has 29 heavy (non-hydrogen) atoms. The highest BCUT2D eigenvalue weighted by Crippen LogP contribution is 2.49. The van der Waals surface area contributed by atoms with Gasteiger partial charge in [-0.25, -0.2) is 0 Å². The molecule has 1 atom stereocenters. The third kappa shape index (κ3) is 4.03. The molecule has 0 radical (unpaired) electrons. The molecule has 1 aliphatic carbocycles. The van der Waals surface area contributed by atoms with Gasteiger partial charge in [0.1, 0.15) is 0 Å². The summed E-state index contributed by atoms with van der Waals surface area (Å²) in [7, 11) is 0. The number of hydrogen-bond acceptors (Lipinski definition) is 4. The molecule has 3 aliphatic rings. The van der Waals surface area contributed by atoms with Crippen molar-refractivity contribution in [1.82, 2.24) is 10.2 Å². The molecule has 0 unspecified atom stereocenters. The van der Waals surface area contributed by atoms with Crippen molar-refractivity contribution in [2.24, 2.45) is 5.92 Å². The maximum atomic E-state index is 12.7. The van der Waals surface area contributed by atoms with Crippen LogP contribution in [0.5, 0.6) is 0 Å². The van der Waals surface area contributed by atoms with Crippen LogP contribution in [0.1, 0.15) is 43.0 Å². The zero-order chi connectivity index (χ0) is 19.8. The molecule has 0 aromatic heterocycles. The zero-order valence-corrected chi connectivity index (χ0v) is 17.9. The number of para-hydroxylation sites is 1. The van der Waals surface area contributed by atoms with Crippen LogP contribution in [0, 0.1) is 5.92 Å². The molecular weight excluding hydrogens is 378 g/mol. The number of nitrogens with zero attached hydrogens (tertiary/aromatic N) is 2. The minimum Gasteiger partial charge on any atom is -0.352 e. The number of fused-ring (bicyclic) bond motifs is 2. The molecule has 2 fully saturated rings. The van der Waals surface area contributed by atoms with Crippen molar-refractivity contribution in [3.8, 4) is 0 Å². The topological polar surface area (TPSA) is 35.6 Å². The Bertz CT molecular complexity index is 905. The molecule has 4 nitrogen and oxygen atoms in total. The van der Waals surface area contributed by atoms with Gasteiger partial charge in [-0.2, -0.15) is 0 Å². The quantitative estimate of drug-likeness (QED) is 0.738. The molecule has 1 N–H and O–H groups in total. The van der Waals surface area contributed by atoms with Crippen molar-refractivity contribution in [3.05, 3.63) is 48.0 Å². The van der Waals surface area contributed by atoms with Crippen molar-refractivity contribution in [3.63, 3.8) is 0 Å². The molecule has 152 valence electrons. The maximum absolute atomic E-state index is 12.7. The monoisotopic (exact) mass is 407 g/mol. The molecule has 2 heterocycles. The minimum absolute atomic E-state index is 0.0516. The normalized spacial score (nSPS) is 19.6. The highest BCUT2D eigenvalue weighted by atomic mass is 32.2. The minimum atomic E-state index is 0.0516. The third-order valence-electron chi connectivity index (χ3n) is 6.24. The van der Waals surface area contributed by atoms with Gasteiger partial charge in [0.15, 0.2) is 0 Å². The predicted octanol–water partition coefficient (Wildman–Crippen LogP) is 4.91. The lowest BCUT2D eigenvalue weighted by atomic mass is 10.1. The van der Waals surface area contributed by atoms with Crippen LogP contribution in [0.25, 0.3) is 0 Å². The van der Waals surface area contributed by atoms with Crippen LogP contribution in [-0.2, 0) is 0 Å². The van der Waals surface area contributed by atoms with E-state index < -0.39 is 0 Å². The van der Waals surface area contributed by atoms with Gasteiger partial charge >= 0.3 is 0 Å². The zero-order valence-electron chi connectivity index (χ0n) is 17.1. The Kier molecular flexibility index (Phi) is 5.27. The van der Waals surface area contributed by atoms with Gasteiger partial charge in [0.2, 0.25) is 0 Å². The van der Waals surface area contributed by atoms with Crippen molar-refractivity contribution in [2.75, 3.05) is 31.1 Å². The molecule has 1 saturated heterocycles. The summed E-state index contributed by atoms with van der Waals surface area (Å²) in [5.74, 6) is 0.742. The van der Waals surface area contributed by atoms with Crippen molar-refractivity contribution >= 4 is 29.0 Å². The lowest BCUT2D eigenvalue weighted by Crippen LogP contribution is -2.40. The SMILES string of the molecule is C[C@H](CN1CCCC1)N1c2ccccc2Sc2ccc(C(=O)NCC3CC3)cc21. The van der Waals surface area contributed by atoms with Gasteiger partial charge in [-0.15, -0.1) is 0 Å². The van der Waals surface area contributed by atoms with Crippen molar-refractivity contribution in [2.45, 2.75) is 48.4 Å². The fourth-order valence-corrected chi connectivity index (χ4v) is 5.53. The summed E-state index contributed by atoms with van der Waals surface area (Å²) in [4.78, 5) is 20.3. The summed E-state index contributed by atoms with van der Waals surface area (Å²) in [5, 5.41) is 3.12. The van der Waals surface area contributed by atoms with Gasteiger partial charge in [-0.3, -0.25) is 4.79 Å². The lowest BCUT2D eigenvalue weighted by molar-refractivity contribution is 0.0951. The van der Waals surface area contributed by atoms with E-state index in [4.69, 9.17) is 0 Å². The molecular formula is C24H29N3OS. The van der Waals surface area contributed by atoms with Crippen LogP contribution in [0.4, 0.5) is 11.4 Å². The maximum Gasteiger partial charge on any atom is 0.251 e. The first-order valence-electron chi connectivity index (χ1n) is 10.9. The number of carbonyl (C=O) groups is 1. The van der Waals surface area contributed by atoms with Crippen LogP contribution in [-0.4, -0.2) is 43.0 Å². The average Bonchev–Trinajstić information content (AvgIpc) is 3.44. The summed E-state index contributed by atoms with van der Waals surface area (Å²) < 4.78 is 0. The molecule has 0 spiro atoms. The van der Waals surface area contributed by atoms with Crippen LogP contribution < -0.4 is 10.2 Å². The van der Waals surface area contributed by atoms with Crippen LogP contribution in [0.3, 0.4) is 0 Å². The molecule has 1 saturated carbocycles. The van der Waals surface area contributed by atoms with Gasteiger partial charge in [-0.05, 0) is 81.9 Å². The van der Waals surface area contributed by atoms with E-state index in [0.29, 0.717) is 12.0 Å². The molecule has 2 aromatic carbocycles. The number of anilines is 2. The van der Waals surface area contributed by atoms with Gasteiger partial charge in [0.05, 0.1) is 11.4 Å². The van der Waals surface area contributed by atoms with Crippen molar-refractivity contribution in [1.29, 1.82) is 0 Å². The number of rotatable bonds is 6. The summed E-state index contributed by atoms with van der Waals surface area (Å²) in [6, 6.07) is 15.2. The first-order valence-corrected chi connectivity index (χ1v) is 11.7.